The minimum absolute atomic E-state index is 0.0615. The van der Waals surface area contributed by atoms with Crippen LogP contribution in [0.2, 0.25) is 5.28 Å². The molecule has 2 aromatic rings. The van der Waals surface area contributed by atoms with Crippen LogP contribution in [0, 0.1) is 0 Å². The number of nitrogens with zero attached hydrogens (tertiary/aromatic N) is 4. The minimum Gasteiger partial charge on any atom is -0.394 e. The maximum absolute atomic E-state index is 14.1. The quantitative estimate of drug-likeness (QED) is 0.649. The second-order valence-electron chi connectivity index (χ2n) is 4.38. The maximum Gasteiger partial charge on any atom is 0.226 e. The molecule has 0 bridgehead atoms. The van der Waals surface area contributed by atoms with Crippen LogP contribution in [0.3, 0.4) is 0 Å². The molecule has 4 N–H and O–H groups in total. The van der Waals surface area contributed by atoms with Crippen molar-refractivity contribution in [3.05, 3.63) is 11.6 Å². The van der Waals surface area contributed by atoms with E-state index in [1.807, 2.05) is 0 Å². The van der Waals surface area contributed by atoms with Crippen molar-refractivity contribution >= 4 is 28.6 Å². The zero-order valence-electron chi connectivity index (χ0n) is 10.0. The number of nitrogen functional groups attached to an aromatic ring is 1. The molecule has 2 aromatic heterocycles. The van der Waals surface area contributed by atoms with Crippen LogP contribution in [-0.2, 0) is 4.74 Å². The molecule has 0 aliphatic carbocycles. The summed E-state index contributed by atoms with van der Waals surface area (Å²) in [4.78, 5) is 11.7. The van der Waals surface area contributed by atoms with Gasteiger partial charge in [0.2, 0.25) is 5.28 Å². The Bertz CT molecular complexity index is 653. The fourth-order valence-electron chi connectivity index (χ4n) is 2.18. The van der Waals surface area contributed by atoms with E-state index in [9.17, 15) is 9.50 Å². The van der Waals surface area contributed by atoms with Gasteiger partial charge in [-0.05, 0) is 11.6 Å². The van der Waals surface area contributed by atoms with E-state index in [0.717, 1.165) is 0 Å². The summed E-state index contributed by atoms with van der Waals surface area (Å²) >= 11 is 5.71. The van der Waals surface area contributed by atoms with Gasteiger partial charge in [-0.25, -0.2) is 9.37 Å². The van der Waals surface area contributed by atoms with E-state index >= 15 is 0 Å². The molecule has 4 atom stereocenters. The molecule has 3 heterocycles. The standard InChI is InChI=1S/C10H11ClFN5O3/c11-10-15-7(13)5-8(16-10)17(2-14-5)9-4(12)6(19)3(1-18)20-9/h2-4,6,9,18-19H,1H2,(H2,13,15,16)/t3-,4+,6?,9-/m1/s1/i12-1. The number of alkyl halides is 1. The highest BCUT2D eigenvalue weighted by Gasteiger charge is 2.45. The van der Waals surface area contributed by atoms with E-state index in [1.54, 1.807) is 0 Å². The first-order valence-corrected chi connectivity index (χ1v) is 6.14. The van der Waals surface area contributed by atoms with Crippen molar-refractivity contribution in [2.24, 2.45) is 0 Å². The van der Waals surface area contributed by atoms with Crippen molar-refractivity contribution in [3.63, 3.8) is 0 Å². The number of halogens is 2. The molecule has 0 aromatic carbocycles. The number of ether oxygens (including phenoxy) is 1. The molecule has 0 radical (unpaired) electrons. The molecule has 0 saturated carbocycles. The summed E-state index contributed by atoms with van der Waals surface area (Å²) in [5.41, 5.74) is 6.10. The summed E-state index contributed by atoms with van der Waals surface area (Å²) in [6.45, 7) is -0.497. The number of aliphatic hydroxyl groups excluding tert-OH is 2. The van der Waals surface area contributed by atoms with Gasteiger partial charge in [0.1, 0.15) is 17.7 Å². The van der Waals surface area contributed by atoms with E-state index < -0.39 is 31.2 Å². The number of imidazole rings is 1. The summed E-state index contributed by atoms with van der Waals surface area (Å²) in [7, 11) is 0. The van der Waals surface area contributed by atoms with Crippen LogP contribution in [0.25, 0.3) is 11.2 Å². The molecule has 1 aliphatic heterocycles. The van der Waals surface area contributed by atoms with Gasteiger partial charge >= 0.3 is 0 Å². The molecular weight excluding hydrogens is 292 g/mol. The molecular formula is C10H11ClFN5O3. The predicted octanol–water partition coefficient (Wildman–Crippen LogP) is -0.349. The van der Waals surface area contributed by atoms with Crippen molar-refractivity contribution < 1.29 is 19.3 Å². The van der Waals surface area contributed by atoms with Crippen LogP contribution in [0.1, 0.15) is 6.23 Å². The van der Waals surface area contributed by atoms with Crippen LogP contribution in [0.15, 0.2) is 6.33 Å². The molecule has 0 amide bonds. The highest BCUT2D eigenvalue weighted by molar-refractivity contribution is 6.28. The van der Waals surface area contributed by atoms with Gasteiger partial charge in [-0.3, -0.25) is 4.57 Å². The third-order valence-electron chi connectivity index (χ3n) is 3.17. The van der Waals surface area contributed by atoms with E-state index in [1.165, 1.54) is 10.9 Å². The molecule has 0 spiro atoms. The highest BCUT2D eigenvalue weighted by atomic mass is 35.5. The van der Waals surface area contributed by atoms with Gasteiger partial charge in [0, 0.05) is 0 Å². The van der Waals surface area contributed by atoms with Crippen molar-refractivity contribution in [1.82, 2.24) is 19.5 Å². The first-order valence-electron chi connectivity index (χ1n) is 5.77. The topological polar surface area (TPSA) is 119 Å². The van der Waals surface area contributed by atoms with Gasteiger partial charge in [0.15, 0.2) is 23.9 Å². The molecule has 8 nitrogen and oxygen atoms in total. The fourth-order valence-corrected chi connectivity index (χ4v) is 2.35. The molecule has 1 fully saturated rings. The van der Waals surface area contributed by atoms with Crippen LogP contribution in [-0.4, -0.2) is 54.7 Å². The Hall–Kier alpha value is -1.55. The van der Waals surface area contributed by atoms with E-state index in [2.05, 4.69) is 15.0 Å². The number of aromatic nitrogens is 4. The average Bonchev–Trinajstić information content (AvgIpc) is 2.93. The van der Waals surface area contributed by atoms with E-state index in [-0.39, 0.29) is 22.3 Å². The van der Waals surface area contributed by atoms with Gasteiger partial charge in [-0.1, -0.05) is 0 Å². The largest absolute Gasteiger partial charge is 0.394 e. The van der Waals surface area contributed by atoms with Gasteiger partial charge in [0.25, 0.3) is 0 Å². The second kappa shape index (κ2) is 4.77. The van der Waals surface area contributed by atoms with Crippen LogP contribution in [0.5, 0.6) is 0 Å². The van der Waals surface area contributed by atoms with E-state index in [4.69, 9.17) is 27.2 Å². The summed E-state index contributed by atoms with van der Waals surface area (Å²) in [5.74, 6) is 0.0615. The smallest absolute Gasteiger partial charge is 0.226 e. The predicted molar refractivity (Wildman–Crippen MR) is 66.6 cm³/mol. The number of fused-ring (bicyclic) bond motifs is 1. The Labute approximate surface area is 117 Å². The molecule has 20 heavy (non-hydrogen) atoms. The van der Waals surface area contributed by atoms with Crippen LogP contribution in [0.4, 0.5) is 10.2 Å². The van der Waals surface area contributed by atoms with Gasteiger partial charge < -0.3 is 20.7 Å². The highest BCUT2D eigenvalue weighted by Crippen LogP contribution is 2.34. The van der Waals surface area contributed by atoms with Gasteiger partial charge in [0.05, 0.1) is 12.9 Å². The van der Waals surface area contributed by atoms with Crippen molar-refractivity contribution in [2.75, 3.05) is 12.3 Å². The van der Waals surface area contributed by atoms with Crippen molar-refractivity contribution in [2.45, 2.75) is 24.6 Å². The molecule has 1 aliphatic rings. The monoisotopic (exact) mass is 302 g/mol. The van der Waals surface area contributed by atoms with Crippen molar-refractivity contribution in [3.8, 4) is 0 Å². The normalized spacial score (nSPS) is 30.2. The molecule has 1 unspecified atom stereocenters. The summed E-state index contributed by atoms with van der Waals surface area (Å²) in [5, 5.41) is 18.6. The number of rotatable bonds is 2. The van der Waals surface area contributed by atoms with Gasteiger partial charge in [-0.15, -0.1) is 0 Å². The molecule has 1 saturated heterocycles. The first kappa shape index (κ1) is 13.4. The minimum atomic E-state index is -1.74. The SMILES string of the molecule is Nc1nc(Cl)nc2c1ncn2[C@@H]1O[C@H](CO)C(O)[C@@H]1[18F]. The number of hydrogen-bond donors (Lipinski definition) is 3. The Morgan fingerprint density at radius 1 is 1.50 bits per heavy atom. The summed E-state index contributed by atoms with van der Waals surface area (Å²) in [6.07, 6.45) is -4.08. The lowest BCUT2D eigenvalue weighted by Crippen LogP contribution is -2.30. The van der Waals surface area contributed by atoms with E-state index in [0.29, 0.717) is 0 Å². The lowest BCUT2D eigenvalue weighted by Gasteiger charge is -2.15. The number of aliphatic hydroxyl groups is 2. The second-order valence-corrected chi connectivity index (χ2v) is 4.72. The molecule has 10 heteroatoms. The third kappa shape index (κ3) is 1.90. The Balaban J connectivity index is 2.07. The number of anilines is 1. The molecule has 108 valence electrons. The Morgan fingerprint density at radius 3 is 2.90 bits per heavy atom. The fraction of sp³-hybridized carbons (Fsp3) is 0.500. The number of hydrogen-bond acceptors (Lipinski definition) is 7. The Kier molecular flexibility index (Phi) is 3.21. The maximum atomic E-state index is 14.1. The van der Waals surface area contributed by atoms with Crippen LogP contribution < -0.4 is 5.73 Å². The van der Waals surface area contributed by atoms with Crippen molar-refractivity contribution in [1.29, 1.82) is 0 Å². The first-order chi connectivity index (χ1) is 9.52. The van der Waals surface area contributed by atoms with Gasteiger partial charge in [-0.2, -0.15) is 9.97 Å². The Morgan fingerprint density at radius 2 is 2.25 bits per heavy atom. The zero-order chi connectivity index (χ0) is 14.4. The summed E-state index contributed by atoms with van der Waals surface area (Å²) < 4.78 is 20.6. The lowest BCUT2D eigenvalue weighted by molar-refractivity contribution is -0.0459. The average molecular weight is 303 g/mol. The third-order valence-corrected chi connectivity index (χ3v) is 3.34. The lowest BCUT2D eigenvalue weighted by atomic mass is 10.1. The number of nitrogens with two attached hydrogens (primary N) is 1. The molecule has 3 rings (SSSR count). The van der Waals surface area contributed by atoms with Crippen LogP contribution >= 0.6 is 11.6 Å². The zero-order valence-corrected chi connectivity index (χ0v) is 10.8. The summed E-state index contributed by atoms with van der Waals surface area (Å²) in [6, 6.07) is 0.